The van der Waals surface area contributed by atoms with Crippen molar-refractivity contribution in [1.29, 1.82) is 0 Å². The van der Waals surface area contributed by atoms with Gasteiger partial charge in [-0.15, -0.1) is 0 Å². The summed E-state index contributed by atoms with van der Waals surface area (Å²) in [5.41, 5.74) is 2.50. The second-order valence-corrected chi connectivity index (χ2v) is 14.3. The summed E-state index contributed by atoms with van der Waals surface area (Å²) in [6, 6.07) is 0. The van der Waals surface area contributed by atoms with E-state index in [-0.39, 0.29) is 6.10 Å². The number of carbonyl (C=O) groups is 1. The van der Waals surface area contributed by atoms with Gasteiger partial charge in [0, 0.05) is 0 Å². The summed E-state index contributed by atoms with van der Waals surface area (Å²) in [6.45, 7) is 19.2. The molecule has 3 saturated carbocycles. The minimum atomic E-state index is -0.495. The summed E-state index contributed by atoms with van der Waals surface area (Å²) in [5.74, 6) is 5.88. The maximum Gasteiger partial charge on any atom is 0.508 e. The van der Waals surface area contributed by atoms with Gasteiger partial charge in [-0.05, 0) is 123 Å². The number of rotatable bonds is 8. The van der Waals surface area contributed by atoms with Gasteiger partial charge in [0.1, 0.15) is 6.10 Å². The van der Waals surface area contributed by atoms with E-state index in [1.165, 1.54) is 38.5 Å². The third-order valence-electron chi connectivity index (χ3n) is 12.0. The first-order valence-corrected chi connectivity index (χ1v) is 15.7. The fourth-order valence-corrected chi connectivity index (χ4v) is 8.96. The van der Waals surface area contributed by atoms with Gasteiger partial charge in [-0.1, -0.05) is 72.3 Å². The van der Waals surface area contributed by atoms with Crippen LogP contribution in [-0.4, -0.2) is 18.9 Å². The third kappa shape index (κ3) is 5.72. The first kappa shape index (κ1) is 28.8. The first-order chi connectivity index (χ1) is 17.5. The van der Waals surface area contributed by atoms with Crippen LogP contribution in [0.3, 0.4) is 0 Å². The van der Waals surface area contributed by atoms with Gasteiger partial charge in [0.2, 0.25) is 0 Å². The molecule has 0 aromatic heterocycles. The molecule has 4 aliphatic carbocycles. The van der Waals surface area contributed by atoms with E-state index >= 15 is 0 Å². The average molecular weight is 513 g/mol. The Balaban J connectivity index is 1.40. The Bertz CT molecular complexity index is 857. The average Bonchev–Trinajstić information content (AvgIpc) is 3.22. The van der Waals surface area contributed by atoms with Crippen LogP contribution in [0.2, 0.25) is 0 Å². The minimum Gasteiger partial charge on any atom is -0.434 e. The van der Waals surface area contributed by atoms with Crippen LogP contribution in [0.1, 0.15) is 113 Å². The highest BCUT2D eigenvalue weighted by atomic mass is 16.7. The summed E-state index contributed by atoms with van der Waals surface area (Å²) in [5, 5.41) is 0. The van der Waals surface area contributed by atoms with E-state index < -0.39 is 6.16 Å². The molecule has 0 heterocycles. The van der Waals surface area contributed by atoms with Crippen LogP contribution >= 0.6 is 0 Å². The Morgan fingerprint density at radius 3 is 2.49 bits per heavy atom. The van der Waals surface area contributed by atoms with Gasteiger partial charge in [-0.3, -0.25) is 0 Å². The molecule has 0 N–H and O–H groups in total. The SMILES string of the molecule is CCC(C)OC(=O)OCC1CCC2(C)C(=CCC3C2CCC2(C)C(C(C)/C=C/C(C)C(C)C)CCC32)C1. The molecule has 3 heteroatoms. The van der Waals surface area contributed by atoms with E-state index in [1.807, 2.05) is 13.8 Å². The Morgan fingerprint density at radius 2 is 1.78 bits per heavy atom. The van der Waals surface area contributed by atoms with Crippen molar-refractivity contribution in [3.63, 3.8) is 0 Å². The van der Waals surface area contributed by atoms with Gasteiger partial charge in [0.25, 0.3) is 0 Å². The molecule has 3 nitrogen and oxygen atoms in total. The third-order valence-corrected chi connectivity index (χ3v) is 12.0. The van der Waals surface area contributed by atoms with Gasteiger partial charge in [0.05, 0.1) is 6.61 Å². The maximum atomic E-state index is 12.0. The van der Waals surface area contributed by atoms with Crippen molar-refractivity contribution >= 4 is 6.16 Å². The Labute approximate surface area is 228 Å². The Kier molecular flexibility index (Phi) is 8.91. The number of hydrogen-bond donors (Lipinski definition) is 0. The molecule has 210 valence electrons. The summed E-state index contributed by atoms with van der Waals surface area (Å²) < 4.78 is 10.9. The fraction of sp³-hybridized carbons (Fsp3) is 0.853. The molecule has 0 bridgehead atoms. The van der Waals surface area contributed by atoms with E-state index in [4.69, 9.17) is 9.47 Å². The van der Waals surface area contributed by atoms with E-state index in [1.54, 1.807) is 5.57 Å². The maximum absolute atomic E-state index is 12.0. The van der Waals surface area contributed by atoms with Crippen molar-refractivity contribution in [2.24, 2.45) is 58.2 Å². The zero-order valence-corrected chi connectivity index (χ0v) is 25.2. The summed E-state index contributed by atoms with van der Waals surface area (Å²) in [4.78, 5) is 12.0. The van der Waals surface area contributed by atoms with Gasteiger partial charge >= 0.3 is 6.16 Å². The molecule has 4 aliphatic rings. The second-order valence-electron chi connectivity index (χ2n) is 14.3. The summed E-state index contributed by atoms with van der Waals surface area (Å²) in [7, 11) is 0. The summed E-state index contributed by atoms with van der Waals surface area (Å²) >= 11 is 0. The van der Waals surface area contributed by atoms with Crippen molar-refractivity contribution in [3.8, 4) is 0 Å². The molecule has 0 aromatic rings. The predicted octanol–water partition coefficient (Wildman–Crippen LogP) is 9.62. The van der Waals surface area contributed by atoms with E-state index in [9.17, 15) is 4.79 Å². The lowest BCUT2D eigenvalue weighted by molar-refractivity contribution is -0.0519. The van der Waals surface area contributed by atoms with Crippen LogP contribution in [0, 0.1) is 58.2 Å². The molecule has 10 unspecified atom stereocenters. The normalized spacial score (nSPS) is 39.8. The molecule has 0 aliphatic heterocycles. The van der Waals surface area contributed by atoms with Crippen molar-refractivity contribution in [2.75, 3.05) is 6.61 Å². The molecule has 3 fully saturated rings. The Morgan fingerprint density at radius 1 is 1.03 bits per heavy atom. The molecule has 0 spiro atoms. The van der Waals surface area contributed by atoms with Crippen molar-refractivity contribution in [3.05, 3.63) is 23.8 Å². The number of allylic oxidation sites excluding steroid dienone is 4. The van der Waals surface area contributed by atoms with Crippen LogP contribution in [-0.2, 0) is 9.47 Å². The number of hydrogen-bond acceptors (Lipinski definition) is 3. The minimum absolute atomic E-state index is 0.0742. The van der Waals surface area contributed by atoms with E-state index in [0.29, 0.717) is 35.2 Å². The smallest absolute Gasteiger partial charge is 0.434 e. The lowest BCUT2D eigenvalue weighted by atomic mass is 9.46. The zero-order valence-electron chi connectivity index (χ0n) is 25.2. The zero-order chi connectivity index (χ0) is 27.0. The van der Waals surface area contributed by atoms with Crippen LogP contribution in [0.4, 0.5) is 4.79 Å². The van der Waals surface area contributed by atoms with Crippen molar-refractivity contribution < 1.29 is 14.3 Å². The van der Waals surface area contributed by atoms with Gasteiger partial charge in [-0.2, -0.15) is 0 Å². The van der Waals surface area contributed by atoms with Crippen molar-refractivity contribution in [1.82, 2.24) is 0 Å². The highest BCUT2D eigenvalue weighted by Gasteiger charge is 2.59. The Hall–Kier alpha value is -1.25. The molecular weight excluding hydrogens is 456 g/mol. The topological polar surface area (TPSA) is 35.5 Å². The molecule has 0 amide bonds. The monoisotopic (exact) mass is 512 g/mol. The number of fused-ring (bicyclic) bond motifs is 5. The quantitative estimate of drug-likeness (QED) is 0.240. The first-order valence-electron chi connectivity index (χ1n) is 15.7. The largest absolute Gasteiger partial charge is 0.508 e. The highest BCUT2D eigenvalue weighted by molar-refractivity contribution is 5.60. The van der Waals surface area contributed by atoms with Gasteiger partial charge in [-0.25, -0.2) is 4.79 Å². The van der Waals surface area contributed by atoms with Crippen LogP contribution in [0.15, 0.2) is 23.8 Å². The van der Waals surface area contributed by atoms with E-state index in [0.717, 1.165) is 48.9 Å². The van der Waals surface area contributed by atoms with Crippen LogP contribution < -0.4 is 0 Å². The lowest BCUT2D eigenvalue weighted by Gasteiger charge is -2.58. The van der Waals surface area contributed by atoms with Gasteiger partial charge < -0.3 is 9.47 Å². The second kappa shape index (κ2) is 11.5. The molecule has 4 rings (SSSR count). The summed E-state index contributed by atoms with van der Waals surface area (Å²) in [6.07, 6.45) is 18.3. The molecule has 0 saturated heterocycles. The molecule has 10 atom stereocenters. The predicted molar refractivity (Wildman–Crippen MR) is 153 cm³/mol. The highest BCUT2D eigenvalue weighted by Crippen LogP contribution is 2.67. The van der Waals surface area contributed by atoms with Crippen LogP contribution in [0.25, 0.3) is 0 Å². The number of carbonyl (C=O) groups excluding carboxylic acids is 1. The van der Waals surface area contributed by atoms with Crippen molar-refractivity contribution in [2.45, 2.75) is 119 Å². The fourth-order valence-electron chi connectivity index (χ4n) is 8.96. The molecule has 0 radical (unpaired) electrons. The molecule has 0 aromatic carbocycles. The molecular formula is C34H56O3. The van der Waals surface area contributed by atoms with Crippen LogP contribution in [0.5, 0.6) is 0 Å². The van der Waals surface area contributed by atoms with E-state index in [2.05, 4.69) is 59.8 Å². The lowest BCUT2D eigenvalue weighted by Crippen LogP contribution is -2.50. The van der Waals surface area contributed by atoms with Gasteiger partial charge in [0.15, 0.2) is 0 Å². The standard InChI is InChI=1S/C34H56O3/c1-9-25(6)37-32(35)36-21-26-16-18-33(7)27(20-26)12-13-28-30-15-14-29(34(30,8)19-17-31(28)33)24(5)11-10-23(4)22(2)3/h10-12,22-26,28-31H,9,13-21H2,1-8H3/b11-10+. The number of ether oxygens (including phenoxy) is 2. The molecule has 37 heavy (non-hydrogen) atoms.